The molecule has 0 bridgehead atoms. The maximum atomic E-state index is 12.6. The van der Waals surface area contributed by atoms with Crippen molar-refractivity contribution in [2.45, 2.75) is 41.2 Å². The van der Waals surface area contributed by atoms with Crippen LogP contribution in [0.15, 0.2) is 58.3 Å². The first-order valence-electron chi connectivity index (χ1n) is 8.22. The number of sulfone groups is 1. The van der Waals surface area contributed by atoms with Crippen molar-refractivity contribution in [3.05, 3.63) is 59.1 Å². The standard InChI is InChI=1S/C19H21ClO4S2/c1-14-5-11-17(12-6-14)26(23,24)18(19(21)22)4-2-3-13-25-16-9-7-15(20)8-10-16/h5-12,18H,2-4,13H2,1H3,(H,21,22). The monoisotopic (exact) mass is 412 g/mol. The van der Waals surface area contributed by atoms with Gasteiger partial charge in [-0.3, -0.25) is 4.79 Å². The van der Waals surface area contributed by atoms with Gasteiger partial charge in [0.1, 0.15) is 0 Å². The van der Waals surface area contributed by atoms with Gasteiger partial charge < -0.3 is 5.11 Å². The van der Waals surface area contributed by atoms with Gasteiger partial charge in [0, 0.05) is 9.92 Å². The molecule has 1 atom stereocenters. The Labute approximate surface area is 163 Å². The number of halogens is 1. The Morgan fingerprint density at radius 3 is 2.27 bits per heavy atom. The average molecular weight is 413 g/mol. The van der Waals surface area contributed by atoms with E-state index in [2.05, 4.69) is 0 Å². The molecule has 0 radical (unpaired) electrons. The van der Waals surface area contributed by atoms with Gasteiger partial charge in [0.2, 0.25) is 0 Å². The number of hydrogen-bond donors (Lipinski definition) is 1. The first kappa shape index (κ1) is 20.8. The number of hydrogen-bond acceptors (Lipinski definition) is 4. The maximum Gasteiger partial charge on any atom is 0.322 e. The second-order valence-electron chi connectivity index (χ2n) is 5.98. The molecule has 0 saturated carbocycles. The summed E-state index contributed by atoms with van der Waals surface area (Å²) in [5.74, 6) is -0.505. The van der Waals surface area contributed by atoms with E-state index in [1.807, 2.05) is 31.2 Å². The van der Waals surface area contributed by atoms with Crippen LogP contribution in [0.1, 0.15) is 24.8 Å². The van der Waals surface area contributed by atoms with Gasteiger partial charge in [-0.1, -0.05) is 35.7 Å². The molecule has 2 aromatic rings. The Hall–Kier alpha value is -1.50. The molecule has 140 valence electrons. The molecule has 0 aliphatic rings. The number of carboxylic acids is 1. The lowest BCUT2D eigenvalue weighted by atomic mass is 10.2. The van der Waals surface area contributed by atoms with Gasteiger partial charge in [0.05, 0.1) is 4.90 Å². The van der Waals surface area contributed by atoms with Crippen LogP contribution in [0, 0.1) is 6.92 Å². The van der Waals surface area contributed by atoms with Gasteiger partial charge in [-0.15, -0.1) is 11.8 Å². The second-order valence-corrected chi connectivity index (χ2v) is 9.72. The summed E-state index contributed by atoms with van der Waals surface area (Å²) in [6.07, 6.45) is 1.37. The molecule has 0 amide bonds. The third-order valence-corrected chi connectivity index (χ3v) is 7.41. The fraction of sp³-hybridized carbons (Fsp3) is 0.316. The Morgan fingerprint density at radius 2 is 1.69 bits per heavy atom. The van der Waals surface area contributed by atoms with Crippen molar-refractivity contribution in [2.75, 3.05) is 5.75 Å². The minimum Gasteiger partial charge on any atom is -0.480 e. The average Bonchev–Trinajstić information content (AvgIpc) is 2.59. The van der Waals surface area contributed by atoms with Crippen LogP contribution >= 0.6 is 23.4 Å². The smallest absolute Gasteiger partial charge is 0.322 e. The Kier molecular flexibility index (Phi) is 7.55. The molecule has 0 aliphatic carbocycles. The molecule has 4 nitrogen and oxygen atoms in total. The highest BCUT2D eigenvalue weighted by molar-refractivity contribution is 7.99. The SMILES string of the molecule is Cc1ccc(S(=O)(=O)C(CCCCSc2ccc(Cl)cc2)C(=O)O)cc1. The highest BCUT2D eigenvalue weighted by atomic mass is 35.5. The molecule has 2 aromatic carbocycles. The van der Waals surface area contributed by atoms with Crippen LogP contribution < -0.4 is 0 Å². The minimum absolute atomic E-state index is 0.0611. The van der Waals surface area contributed by atoms with Crippen molar-refractivity contribution in [3.8, 4) is 0 Å². The molecule has 2 rings (SSSR count). The van der Waals surface area contributed by atoms with Gasteiger partial charge in [-0.2, -0.15) is 0 Å². The van der Waals surface area contributed by atoms with Crippen molar-refractivity contribution in [3.63, 3.8) is 0 Å². The van der Waals surface area contributed by atoms with E-state index in [1.54, 1.807) is 23.9 Å². The van der Waals surface area contributed by atoms with Crippen molar-refractivity contribution < 1.29 is 18.3 Å². The minimum atomic E-state index is -3.88. The molecule has 0 fully saturated rings. The summed E-state index contributed by atoms with van der Waals surface area (Å²) < 4.78 is 25.2. The van der Waals surface area contributed by atoms with E-state index in [9.17, 15) is 18.3 Å². The zero-order valence-electron chi connectivity index (χ0n) is 14.4. The number of aliphatic carboxylic acids is 1. The van der Waals surface area contributed by atoms with Crippen LogP contribution in [0.2, 0.25) is 5.02 Å². The quantitative estimate of drug-likeness (QED) is 0.471. The number of thioether (sulfide) groups is 1. The summed E-state index contributed by atoms with van der Waals surface area (Å²) in [7, 11) is -3.88. The van der Waals surface area contributed by atoms with Crippen molar-refractivity contribution in [1.82, 2.24) is 0 Å². The van der Waals surface area contributed by atoms with E-state index in [-0.39, 0.29) is 11.3 Å². The Balaban J connectivity index is 1.90. The summed E-state index contributed by atoms with van der Waals surface area (Å²) in [6.45, 7) is 1.85. The molecule has 0 heterocycles. The lowest BCUT2D eigenvalue weighted by Gasteiger charge is -2.14. The van der Waals surface area contributed by atoms with Gasteiger partial charge >= 0.3 is 5.97 Å². The van der Waals surface area contributed by atoms with Crippen molar-refractivity contribution in [1.29, 1.82) is 0 Å². The Bertz CT molecular complexity index is 831. The van der Waals surface area contributed by atoms with Crippen LogP contribution in [0.25, 0.3) is 0 Å². The highest BCUT2D eigenvalue weighted by Crippen LogP contribution is 2.24. The van der Waals surface area contributed by atoms with E-state index in [4.69, 9.17) is 11.6 Å². The first-order chi connectivity index (χ1) is 12.3. The van der Waals surface area contributed by atoms with Crippen LogP contribution in [-0.4, -0.2) is 30.5 Å². The lowest BCUT2D eigenvalue weighted by molar-refractivity contribution is -0.136. The van der Waals surface area contributed by atoms with E-state index in [0.29, 0.717) is 11.4 Å². The van der Waals surface area contributed by atoms with Crippen LogP contribution in [0.5, 0.6) is 0 Å². The predicted molar refractivity (Wildman–Crippen MR) is 106 cm³/mol. The van der Waals surface area contributed by atoms with Crippen molar-refractivity contribution in [2.24, 2.45) is 0 Å². The lowest BCUT2D eigenvalue weighted by Crippen LogP contribution is -2.30. The van der Waals surface area contributed by atoms with Gasteiger partial charge in [-0.05, 0) is 61.9 Å². The topological polar surface area (TPSA) is 71.4 Å². The van der Waals surface area contributed by atoms with Crippen LogP contribution in [0.4, 0.5) is 0 Å². The van der Waals surface area contributed by atoms with Crippen LogP contribution in [-0.2, 0) is 14.6 Å². The summed E-state index contributed by atoms with van der Waals surface area (Å²) in [6, 6.07) is 13.8. The van der Waals surface area contributed by atoms with Gasteiger partial charge in [0.25, 0.3) is 0 Å². The largest absolute Gasteiger partial charge is 0.480 e. The molecule has 7 heteroatoms. The maximum absolute atomic E-state index is 12.6. The molecule has 0 spiro atoms. The number of carboxylic acid groups (broad SMARTS) is 1. The molecular formula is C19H21ClO4S2. The number of aryl methyl sites for hydroxylation is 1. The first-order valence-corrected chi connectivity index (χ1v) is 11.1. The molecule has 1 unspecified atom stereocenters. The second kappa shape index (κ2) is 9.44. The van der Waals surface area contributed by atoms with E-state index in [1.165, 1.54) is 12.1 Å². The number of carbonyl (C=O) groups is 1. The number of unbranched alkanes of at least 4 members (excludes halogenated alkanes) is 1. The summed E-state index contributed by atoms with van der Waals surface area (Å²) in [5.41, 5.74) is 0.926. The van der Waals surface area contributed by atoms with Crippen molar-refractivity contribution >= 4 is 39.2 Å². The zero-order chi connectivity index (χ0) is 19.2. The third-order valence-electron chi connectivity index (χ3n) is 3.94. The van der Waals surface area contributed by atoms with Gasteiger partial charge in [0.15, 0.2) is 15.1 Å². The number of benzene rings is 2. The van der Waals surface area contributed by atoms with E-state index < -0.39 is 21.1 Å². The fourth-order valence-corrected chi connectivity index (χ4v) is 5.08. The Morgan fingerprint density at radius 1 is 1.08 bits per heavy atom. The molecule has 0 aliphatic heterocycles. The van der Waals surface area contributed by atoms with Crippen LogP contribution in [0.3, 0.4) is 0 Å². The summed E-state index contributed by atoms with van der Waals surface area (Å²) in [5, 5.41) is 8.66. The molecule has 1 N–H and O–H groups in total. The fourth-order valence-electron chi connectivity index (χ4n) is 2.46. The summed E-state index contributed by atoms with van der Waals surface area (Å²) in [4.78, 5) is 12.6. The predicted octanol–water partition coefficient (Wildman–Crippen LogP) is 4.84. The zero-order valence-corrected chi connectivity index (χ0v) is 16.8. The highest BCUT2D eigenvalue weighted by Gasteiger charge is 2.33. The molecule has 0 saturated heterocycles. The normalized spacial score (nSPS) is 12.7. The number of rotatable bonds is 9. The summed E-state index contributed by atoms with van der Waals surface area (Å²) >= 11 is 7.48. The molecular weight excluding hydrogens is 392 g/mol. The van der Waals surface area contributed by atoms with E-state index >= 15 is 0 Å². The third kappa shape index (κ3) is 5.76. The molecule has 26 heavy (non-hydrogen) atoms. The molecule has 0 aromatic heterocycles. The van der Waals surface area contributed by atoms with Gasteiger partial charge in [-0.25, -0.2) is 8.42 Å². The van der Waals surface area contributed by atoms with E-state index in [0.717, 1.165) is 22.6 Å².